The van der Waals surface area contributed by atoms with Gasteiger partial charge in [0.05, 0.1) is 29.5 Å². The molecule has 0 atom stereocenters. The van der Waals surface area contributed by atoms with Gasteiger partial charge in [0.15, 0.2) is 5.78 Å². The standard InChI is InChI=1S/C18H25N5O3S/c1-4-26-17(25)16-12(3)19-11(2)15(16)14(24)10-27-18-20-21-22-23(18)13-8-6-5-7-9-13/h13,19H,4-10H2,1-3H3. The zero-order chi connectivity index (χ0) is 19.4. The number of nitrogens with zero attached hydrogens (tertiary/aromatic N) is 4. The molecule has 9 heteroatoms. The molecule has 3 rings (SSSR count). The summed E-state index contributed by atoms with van der Waals surface area (Å²) in [5.41, 5.74) is 2.04. The highest BCUT2D eigenvalue weighted by atomic mass is 32.2. The van der Waals surface area contributed by atoms with Crippen LogP contribution in [0.15, 0.2) is 5.16 Å². The Morgan fingerprint density at radius 3 is 2.59 bits per heavy atom. The van der Waals surface area contributed by atoms with E-state index in [4.69, 9.17) is 4.74 Å². The Kier molecular flexibility index (Phi) is 6.30. The highest BCUT2D eigenvalue weighted by Gasteiger charge is 2.26. The van der Waals surface area contributed by atoms with Crippen LogP contribution in [0.3, 0.4) is 0 Å². The van der Waals surface area contributed by atoms with E-state index in [-0.39, 0.29) is 18.1 Å². The molecule has 0 unspecified atom stereocenters. The molecule has 0 amide bonds. The highest BCUT2D eigenvalue weighted by molar-refractivity contribution is 7.99. The van der Waals surface area contributed by atoms with Crippen molar-refractivity contribution in [3.8, 4) is 0 Å². The van der Waals surface area contributed by atoms with Crippen LogP contribution in [-0.2, 0) is 4.74 Å². The molecule has 1 aliphatic carbocycles. The number of carbonyl (C=O) groups is 2. The van der Waals surface area contributed by atoms with Gasteiger partial charge in [-0.3, -0.25) is 4.79 Å². The molecule has 146 valence electrons. The molecule has 0 aliphatic heterocycles. The second kappa shape index (κ2) is 8.69. The van der Waals surface area contributed by atoms with Gasteiger partial charge in [-0.25, -0.2) is 9.48 Å². The largest absolute Gasteiger partial charge is 0.462 e. The van der Waals surface area contributed by atoms with Gasteiger partial charge in [0.1, 0.15) is 0 Å². The third kappa shape index (κ3) is 4.23. The van der Waals surface area contributed by atoms with E-state index >= 15 is 0 Å². The summed E-state index contributed by atoms with van der Waals surface area (Å²) in [5.74, 6) is -0.444. The van der Waals surface area contributed by atoms with Crippen molar-refractivity contribution in [2.75, 3.05) is 12.4 Å². The number of hydrogen-bond donors (Lipinski definition) is 1. The predicted molar refractivity (Wildman–Crippen MR) is 101 cm³/mol. The molecule has 2 aromatic heterocycles. The SMILES string of the molecule is CCOC(=O)c1c(C)[nH]c(C)c1C(=O)CSc1nnnn1C1CCCCC1. The van der Waals surface area contributed by atoms with Gasteiger partial charge in [-0.05, 0) is 44.0 Å². The molecule has 1 fully saturated rings. The third-order valence-corrected chi connectivity index (χ3v) is 5.78. The number of aryl methyl sites for hydroxylation is 2. The summed E-state index contributed by atoms with van der Waals surface area (Å²) < 4.78 is 6.95. The molecule has 0 aromatic carbocycles. The summed E-state index contributed by atoms with van der Waals surface area (Å²) >= 11 is 1.31. The maximum atomic E-state index is 12.9. The molecule has 0 radical (unpaired) electrons. The van der Waals surface area contributed by atoms with Gasteiger partial charge in [0, 0.05) is 11.4 Å². The number of thioether (sulfide) groups is 1. The van der Waals surface area contributed by atoms with Crippen molar-refractivity contribution in [1.82, 2.24) is 25.2 Å². The predicted octanol–water partition coefficient (Wildman–Crippen LogP) is 3.27. The van der Waals surface area contributed by atoms with Gasteiger partial charge in [-0.1, -0.05) is 31.0 Å². The Morgan fingerprint density at radius 1 is 1.19 bits per heavy atom. The van der Waals surface area contributed by atoms with Crippen LogP contribution in [0.25, 0.3) is 0 Å². The number of esters is 1. The van der Waals surface area contributed by atoms with E-state index in [1.807, 2.05) is 4.68 Å². The Bertz CT molecular complexity index is 823. The van der Waals surface area contributed by atoms with Gasteiger partial charge in [0.25, 0.3) is 0 Å². The first-order valence-corrected chi connectivity index (χ1v) is 10.3. The van der Waals surface area contributed by atoms with Crippen molar-refractivity contribution in [2.45, 2.75) is 64.1 Å². The lowest BCUT2D eigenvalue weighted by atomic mass is 9.96. The van der Waals surface area contributed by atoms with Gasteiger partial charge in [0.2, 0.25) is 5.16 Å². The third-order valence-electron chi connectivity index (χ3n) is 4.85. The number of ether oxygens (including phenoxy) is 1. The lowest BCUT2D eigenvalue weighted by Gasteiger charge is -2.21. The summed E-state index contributed by atoms with van der Waals surface area (Å²) in [7, 11) is 0. The minimum Gasteiger partial charge on any atom is -0.462 e. The van der Waals surface area contributed by atoms with Crippen LogP contribution in [-0.4, -0.2) is 49.3 Å². The topological polar surface area (TPSA) is 103 Å². The van der Waals surface area contributed by atoms with Crippen LogP contribution in [0.1, 0.15) is 77.2 Å². The summed E-state index contributed by atoms with van der Waals surface area (Å²) in [6, 6.07) is 0.303. The van der Waals surface area contributed by atoms with E-state index in [1.54, 1.807) is 20.8 Å². The van der Waals surface area contributed by atoms with Crippen molar-refractivity contribution < 1.29 is 14.3 Å². The molecule has 2 heterocycles. The van der Waals surface area contributed by atoms with Crippen molar-refractivity contribution in [2.24, 2.45) is 0 Å². The van der Waals surface area contributed by atoms with Crippen LogP contribution in [0.5, 0.6) is 0 Å². The molecule has 0 spiro atoms. The molecule has 2 aromatic rings. The van der Waals surface area contributed by atoms with Crippen LogP contribution in [0, 0.1) is 13.8 Å². The summed E-state index contributed by atoms with van der Waals surface area (Å²) in [5, 5.41) is 12.7. The second-order valence-electron chi connectivity index (χ2n) is 6.76. The number of aromatic amines is 1. The number of H-pyrrole nitrogens is 1. The number of Topliss-reactive ketones (excluding diaryl/α,β-unsaturated/α-hetero) is 1. The van der Waals surface area contributed by atoms with Crippen LogP contribution < -0.4 is 0 Å². The number of ketones is 1. The lowest BCUT2D eigenvalue weighted by molar-refractivity contribution is 0.0522. The van der Waals surface area contributed by atoms with Gasteiger partial charge >= 0.3 is 5.97 Å². The van der Waals surface area contributed by atoms with Crippen molar-refractivity contribution in [1.29, 1.82) is 0 Å². The van der Waals surface area contributed by atoms with Crippen LogP contribution >= 0.6 is 11.8 Å². The second-order valence-corrected chi connectivity index (χ2v) is 7.70. The van der Waals surface area contributed by atoms with Crippen molar-refractivity contribution >= 4 is 23.5 Å². The number of nitrogens with one attached hydrogen (secondary N) is 1. The lowest BCUT2D eigenvalue weighted by Crippen LogP contribution is -2.16. The maximum Gasteiger partial charge on any atom is 0.340 e. The smallest absolute Gasteiger partial charge is 0.340 e. The van der Waals surface area contributed by atoms with Crippen molar-refractivity contribution in [3.63, 3.8) is 0 Å². The van der Waals surface area contributed by atoms with Crippen LogP contribution in [0.2, 0.25) is 0 Å². The Hall–Kier alpha value is -2.16. The van der Waals surface area contributed by atoms with Crippen molar-refractivity contribution in [3.05, 3.63) is 22.5 Å². The van der Waals surface area contributed by atoms with E-state index < -0.39 is 5.97 Å². The molecule has 1 aliphatic rings. The van der Waals surface area contributed by atoms with Crippen LogP contribution in [0.4, 0.5) is 0 Å². The fraction of sp³-hybridized carbons (Fsp3) is 0.611. The molecule has 0 saturated heterocycles. The molecular weight excluding hydrogens is 366 g/mol. The number of carbonyl (C=O) groups excluding carboxylic acids is 2. The zero-order valence-corrected chi connectivity index (χ0v) is 16.8. The number of rotatable bonds is 7. The normalized spacial score (nSPS) is 15.1. The van der Waals surface area contributed by atoms with E-state index in [1.165, 1.54) is 31.0 Å². The van der Waals surface area contributed by atoms with E-state index in [0.29, 0.717) is 33.7 Å². The minimum atomic E-state index is -0.472. The number of hydrogen-bond acceptors (Lipinski definition) is 7. The van der Waals surface area contributed by atoms with Gasteiger partial charge in [-0.15, -0.1) is 5.10 Å². The molecular formula is C18H25N5O3S. The molecule has 1 N–H and O–H groups in total. The number of aromatic nitrogens is 5. The average Bonchev–Trinajstić information content (AvgIpc) is 3.24. The zero-order valence-electron chi connectivity index (χ0n) is 15.9. The fourth-order valence-electron chi connectivity index (χ4n) is 3.63. The van der Waals surface area contributed by atoms with E-state index in [0.717, 1.165) is 12.8 Å². The maximum absolute atomic E-state index is 12.9. The van der Waals surface area contributed by atoms with E-state index in [9.17, 15) is 9.59 Å². The minimum absolute atomic E-state index is 0.136. The first-order chi connectivity index (χ1) is 13.0. The average molecular weight is 391 g/mol. The molecule has 0 bridgehead atoms. The number of tetrazole rings is 1. The fourth-order valence-corrected chi connectivity index (χ4v) is 4.44. The Morgan fingerprint density at radius 2 is 1.89 bits per heavy atom. The van der Waals surface area contributed by atoms with Gasteiger partial charge in [-0.2, -0.15) is 0 Å². The Labute approximate surface area is 162 Å². The summed E-state index contributed by atoms with van der Waals surface area (Å²) in [6.07, 6.45) is 5.74. The quantitative estimate of drug-likeness (QED) is 0.439. The molecule has 27 heavy (non-hydrogen) atoms. The molecule has 8 nitrogen and oxygen atoms in total. The summed E-state index contributed by atoms with van der Waals surface area (Å²) in [6.45, 7) is 5.57. The Balaban J connectivity index is 1.74. The highest BCUT2D eigenvalue weighted by Crippen LogP contribution is 2.31. The van der Waals surface area contributed by atoms with E-state index in [2.05, 4.69) is 20.5 Å². The van der Waals surface area contributed by atoms with Gasteiger partial charge < -0.3 is 9.72 Å². The monoisotopic (exact) mass is 391 g/mol. The summed E-state index contributed by atoms with van der Waals surface area (Å²) in [4.78, 5) is 28.2. The molecule has 1 saturated carbocycles. The first-order valence-electron chi connectivity index (χ1n) is 9.33. The first kappa shape index (κ1) is 19.6.